The van der Waals surface area contributed by atoms with Crippen molar-refractivity contribution in [2.45, 2.75) is 41.5 Å². The van der Waals surface area contributed by atoms with Crippen LogP contribution in [0.25, 0.3) is 0 Å². The average Bonchev–Trinajstić information content (AvgIpc) is 3.91. The van der Waals surface area contributed by atoms with Gasteiger partial charge < -0.3 is 35.0 Å². The highest BCUT2D eigenvalue weighted by molar-refractivity contribution is 7.99. The highest BCUT2D eigenvalue weighted by Crippen LogP contribution is 2.43. The number of azo groups is 2. The Labute approximate surface area is 356 Å². The largest absolute Gasteiger partial charge is 0.494 e. The lowest BCUT2D eigenvalue weighted by Crippen LogP contribution is -2.22. The van der Waals surface area contributed by atoms with E-state index in [1.54, 1.807) is 24.3 Å². The number of aliphatic hydroxyl groups is 1. The van der Waals surface area contributed by atoms with Crippen LogP contribution in [0.1, 0.15) is 27.7 Å². The van der Waals surface area contributed by atoms with Crippen LogP contribution in [-0.4, -0.2) is 119 Å². The van der Waals surface area contributed by atoms with E-state index in [9.17, 15) is 31.0 Å². The summed E-state index contributed by atoms with van der Waals surface area (Å²) < 4.78 is 75.1. The van der Waals surface area contributed by atoms with E-state index in [1.165, 1.54) is 14.2 Å². The molecule has 5 N–H and O–H groups in total. The summed E-state index contributed by atoms with van der Waals surface area (Å²) in [6.07, 6.45) is 0. The van der Waals surface area contributed by atoms with Gasteiger partial charge in [0.25, 0.3) is 18.9 Å². The Kier molecular flexibility index (Phi) is 15.5. The second-order valence-corrected chi connectivity index (χ2v) is 17.7. The summed E-state index contributed by atoms with van der Waals surface area (Å²) in [5, 5.41) is 46.9. The van der Waals surface area contributed by atoms with Gasteiger partial charge in [0.05, 0.1) is 43.6 Å². The Bertz CT molecular complexity index is 2400. The minimum Gasteiger partial charge on any atom is -0.494 e. The van der Waals surface area contributed by atoms with E-state index in [1.807, 2.05) is 37.5 Å². The molecule has 0 aliphatic rings. The van der Waals surface area contributed by atoms with E-state index in [2.05, 4.69) is 66.4 Å². The summed E-state index contributed by atoms with van der Waals surface area (Å²) in [4.78, 5) is 17.9. The molecule has 0 aliphatic heterocycles. The van der Waals surface area contributed by atoms with Crippen molar-refractivity contribution in [3.63, 3.8) is 0 Å². The van der Waals surface area contributed by atoms with Gasteiger partial charge in [0, 0.05) is 44.1 Å². The first-order chi connectivity index (χ1) is 28.6. The Morgan fingerprint density at radius 3 is 1.42 bits per heavy atom. The zero-order chi connectivity index (χ0) is 43.6. The molecule has 0 unspecified atom stereocenters. The van der Waals surface area contributed by atoms with Crippen LogP contribution in [-0.2, 0) is 20.2 Å². The SMILES string of the molecule is CCN(CC)c1cc(Nc2nc(Nc3cc(N(CC)CC)c(OC)cc3/N=N/c3nnc(S(=O)(=O)O)s3)nc(SCCO)n2)c(/N=N/c2nnc(S(=O)(=O)O)s2)cc1OC. The van der Waals surface area contributed by atoms with Gasteiger partial charge in [-0.1, -0.05) is 34.4 Å². The third-order valence-corrected chi connectivity index (χ3v) is 12.8. The van der Waals surface area contributed by atoms with Gasteiger partial charge in [0.15, 0.2) is 5.16 Å². The lowest BCUT2D eigenvalue weighted by Gasteiger charge is -2.25. The van der Waals surface area contributed by atoms with Crippen LogP contribution < -0.4 is 29.9 Å². The first kappa shape index (κ1) is 45.8. The number of rotatable bonds is 21. The fourth-order valence-electron chi connectivity index (χ4n) is 5.23. The van der Waals surface area contributed by atoms with E-state index < -0.39 is 28.9 Å². The molecular weight excluding hydrogens is 887 g/mol. The predicted octanol–water partition coefficient (Wildman–Crippen LogP) is 6.18. The number of hydrogen-bond donors (Lipinski definition) is 5. The van der Waals surface area contributed by atoms with Gasteiger partial charge in [0.1, 0.15) is 22.9 Å². The van der Waals surface area contributed by atoms with Crippen LogP contribution in [0, 0.1) is 0 Å². The lowest BCUT2D eigenvalue weighted by atomic mass is 10.2. The lowest BCUT2D eigenvalue weighted by molar-refractivity contribution is 0.322. The van der Waals surface area contributed by atoms with E-state index in [-0.39, 0.29) is 51.1 Å². The molecule has 0 radical (unpaired) electrons. The maximum absolute atomic E-state index is 11.6. The third-order valence-electron chi connectivity index (χ3n) is 7.95. The van der Waals surface area contributed by atoms with Crippen molar-refractivity contribution in [3.05, 3.63) is 24.3 Å². The van der Waals surface area contributed by atoms with E-state index in [0.29, 0.717) is 83.1 Å². The summed E-state index contributed by atoms with van der Waals surface area (Å²) in [6.45, 7) is 10.2. The summed E-state index contributed by atoms with van der Waals surface area (Å²) in [5.41, 5.74) is 2.43. The van der Waals surface area contributed by atoms with Gasteiger partial charge in [-0.3, -0.25) is 9.11 Å². The molecule has 0 fully saturated rings. The van der Waals surface area contributed by atoms with Crippen LogP contribution in [0.15, 0.2) is 58.6 Å². The summed E-state index contributed by atoms with van der Waals surface area (Å²) in [6, 6.07) is 6.71. The number of aromatic nitrogens is 7. The number of aliphatic hydroxyl groups excluding tert-OH is 1. The third kappa shape index (κ3) is 11.5. The Balaban J connectivity index is 1.63. The standard InChI is InChI=1S/C31H39N15O9S5/c1-7-45(8-2)21-13-17(19(15-23(21)54-5)37-39-28-41-43-30(57-28)59(48,49)50)32-25-34-26(36-27(35-25)56-12-11-47)33-18-14-22(46(9-3)10-4)24(55-6)16-20(18)38-40-29-42-44-31(58-29)60(51,52)53/h13-16,47H,7-12H2,1-6H3,(H,48,49,50)(H,51,52,53)(H2,32,33,34,35,36)/b39-37+,40-38+. The molecule has 24 nitrogen and oxygen atoms in total. The predicted molar refractivity (Wildman–Crippen MR) is 225 cm³/mol. The maximum Gasteiger partial charge on any atom is 0.324 e. The number of nitrogens with zero attached hydrogens (tertiary/aromatic N) is 13. The Hall–Kier alpha value is -5.30. The zero-order valence-electron chi connectivity index (χ0n) is 32.7. The van der Waals surface area contributed by atoms with Crippen molar-refractivity contribution in [2.24, 2.45) is 20.5 Å². The number of anilines is 6. The smallest absolute Gasteiger partial charge is 0.324 e. The number of nitrogens with one attached hydrogen (secondary N) is 2. The summed E-state index contributed by atoms with van der Waals surface area (Å²) >= 11 is 2.16. The van der Waals surface area contributed by atoms with Crippen molar-refractivity contribution >= 4 is 111 Å². The van der Waals surface area contributed by atoms with Gasteiger partial charge in [-0.25, -0.2) is 0 Å². The average molecular weight is 926 g/mol. The van der Waals surface area contributed by atoms with Crippen molar-refractivity contribution in [2.75, 3.05) is 73.2 Å². The van der Waals surface area contributed by atoms with Crippen molar-refractivity contribution < 1.29 is 40.5 Å². The molecule has 0 atom stereocenters. The molecule has 2 aromatic carbocycles. The molecule has 0 spiro atoms. The number of ether oxygens (including phenoxy) is 2. The second kappa shape index (κ2) is 20.3. The monoisotopic (exact) mass is 925 g/mol. The number of methoxy groups -OCH3 is 2. The molecular formula is C31H39N15O9S5. The van der Waals surface area contributed by atoms with Gasteiger partial charge >= 0.3 is 20.2 Å². The van der Waals surface area contributed by atoms with Gasteiger partial charge in [-0.15, -0.1) is 40.9 Å². The van der Waals surface area contributed by atoms with Crippen LogP contribution >= 0.6 is 34.4 Å². The molecule has 0 saturated carbocycles. The van der Waals surface area contributed by atoms with Crippen molar-refractivity contribution in [1.82, 2.24) is 35.3 Å². The molecule has 3 heterocycles. The van der Waals surface area contributed by atoms with E-state index in [0.717, 1.165) is 11.8 Å². The molecule has 29 heteroatoms. The molecule has 60 heavy (non-hydrogen) atoms. The maximum atomic E-state index is 11.6. The Morgan fingerprint density at radius 1 is 0.667 bits per heavy atom. The van der Waals surface area contributed by atoms with E-state index in [4.69, 9.17) is 9.47 Å². The first-order valence-corrected chi connectivity index (χ1v) is 23.1. The molecule has 5 rings (SSSR count). The molecule has 0 saturated heterocycles. The summed E-state index contributed by atoms with van der Waals surface area (Å²) in [7, 11) is -6.23. The zero-order valence-corrected chi connectivity index (χ0v) is 36.8. The van der Waals surface area contributed by atoms with Crippen LogP contribution in [0.5, 0.6) is 11.5 Å². The van der Waals surface area contributed by atoms with Gasteiger partial charge in [-0.2, -0.15) is 31.8 Å². The molecule has 0 aliphatic carbocycles. The topological polar surface area (TPSA) is 318 Å². The second-order valence-electron chi connectivity index (χ2n) is 11.6. The van der Waals surface area contributed by atoms with Gasteiger partial charge in [0.2, 0.25) is 11.9 Å². The molecule has 5 aromatic rings. The van der Waals surface area contributed by atoms with E-state index >= 15 is 0 Å². The number of hydrogen-bond acceptors (Lipinski definition) is 25. The molecule has 3 aromatic heterocycles. The highest BCUT2D eigenvalue weighted by Gasteiger charge is 2.22. The molecule has 0 amide bonds. The number of thioether (sulfide) groups is 1. The fraction of sp³-hybridized carbons (Fsp3) is 0.387. The van der Waals surface area contributed by atoms with Crippen LogP contribution in [0.3, 0.4) is 0 Å². The fourth-order valence-corrected chi connectivity index (χ4v) is 8.19. The highest BCUT2D eigenvalue weighted by atomic mass is 32.3. The van der Waals surface area contributed by atoms with Gasteiger partial charge in [-0.05, 0) is 39.8 Å². The van der Waals surface area contributed by atoms with Crippen LogP contribution in [0.4, 0.5) is 56.3 Å². The normalized spacial score (nSPS) is 12.0. The quantitative estimate of drug-likeness (QED) is 0.0311. The molecule has 0 bridgehead atoms. The number of benzene rings is 2. The molecule has 322 valence electrons. The minimum atomic E-state index is -4.61. The first-order valence-electron chi connectivity index (χ1n) is 17.6. The summed E-state index contributed by atoms with van der Waals surface area (Å²) in [5.74, 6) is 1.18. The van der Waals surface area contributed by atoms with Crippen LogP contribution in [0.2, 0.25) is 0 Å². The van der Waals surface area contributed by atoms with Crippen molar-refractivity contribution in [3.8, 4) is 11.5 Å². The van der Waals surface area contributed by atoms with Crippen molar-refractivity contribution in [1.29, 1.82) is 0 Å². The Morgan fingerprint density at radius 2 is 1.08 bits per heavy atom. The minimum absolute atomic E-state index is 0.0249.